The SMILES string of the molecule is COc1cccc(C(C)(C)ON)c1O. The van der Waals surface area contributed by atoms with Crippen LogP contribution < -0.4 is 10.6 Å². The second-order valence-electron chi connectivity index (χ2n) is 3.48. The van der Waals surface area contributed by atoms with Crippen LogP contribution in [0.25, 0.3) is 0 Å². The van der Waals surface area contributed by atoms with E-state index in [0.29, 0.717) is 11.3 Å². The summed E-state index contributed by atoms with van der Waals surface area (Å²) < 4.78 is 4.98. The predicted molar refractivity (Wildman–Crippen MR) is 53.0 cm³/mol. The molecule has 0 aliphatic carbocycles. The van der Waals surface area contributed by atoms with Crippen LogP contribution in [0.15, 0.2) is 18.2 Å². The van der Waals surface area contributed by atoms with Gasteiger partial charge in [-0.25, -0.2) is 5.90 Å². The summed E-state index contributed by atoms with van der Waals surface area (Å²) in [6.45, 7) is 3.53. The van der Waals surface area contributed by atoms with Crippen LogP contribution in [0.3, 0.4) is 0 Å². The number of methoxy groups -OCH3 is 1. The third-order valence-corrected chi connectivity index (χ3v) is 2.16. The summed E-state index contributed by atoms with van der Waals surface area (Å²) in [5.41, 5.74) is -0.141. The molecule has 1 aromatic carbocycles. The van der Waals surface area contributed by atoms with Crippen LogP contribution in [-0.2, 0) is 10.4 Å². The molecule has 0 saturated carbocycles. The van der Waals surface area contributed by atoms with E-state index in [1.165, 1.54) is 7.11 Å². The lowest BCUT2D eigenvalue weighted by molar-refractivity contribution is -0.0252. The summed E-state index contributed by atoms with van der Waals surface area (Å²) in [4.78, 5) is 4.79. The van der Waals surface area contributed by atoms with Crippen LogP contribution in [0.2, 0.25) is 0 Å². The zero-order valence-corrected chi connectivity index (χ0v) is 8.57. The van der Waals surface area contributed by atoms with Gasteiger partial charge in [0.2, 0.25) is 0 Å². The van der Waals surface area contributed by atoms with Gasteiger partial charge in [0, 0.05) is 5.56 Å². The first-order valence-electron chi connectivity index (χ1n) is 4.27. The van der Waals surface area contributed by atoms with Crippen LogP contribution >= 0.6 is 0 Å². The predicted octanol–water partition coefficient (Wildman–Crippen LogP) is 1.53. The molecule has 0 aromatic heterocycles. The van der Waals surface area contributed by atoms with E-state index < -0.39 is 5.60 Å². The molecule has 3 N–H and O–H groups in total. The van der Waals surface area contributed by atoms with E-state index in [1.54, 1.807) is 32.0 Å². The van der Waals surface area contributed by atoms with Gasteiger partial charge in [-0.1, -0.05) is 12.1 Å². The maximum absolute atomic E-state index is 9.79. The fourth-order valence-corrected chi connectivity index (χ4v) is 1.24. The molecule has 0 atom stereocenters. The molecule has 0 amide bonds. The second-order valence-corrected chi connectivity index (χ2v) is 3.48. The number of aromatic hydroxyl groups is 1. The lowest BCUT2D eigenvalue weighted by atomic mass is 9.97. The minimum absolute atomic E-state index is 0.0606. The molecule has 1 aromatic rings. The standard InChI is InChI=1S/C10H15NO3/c1-10(2,14-11)7-5-4-6-8(13-3)9(7)12/h4-6,12H,11H2,1-3H3. The van der Waals surface area contributed by atoms with Crippen LogP contribution in [0.5, 0.6) is 11.5 Å². The van der Waals surface area contributed by atoms with Crippen molar-refractivity contribution in [3.63, 3.8) is 0 Å². The minimum Gasteiger partial charge on any atom is -0.504 e. The average Bonchev–Trinajstić information content (AvgIpc) is 2.18. The van der Waals surface area contributed by atoms with Crippen molar-refractivity contribution < 1.29 is 14.7 Å². The Labute approximate surface area is 83.2 Å². The topological polar surface area (TPSA) is 64.7 Å². The zero-order valence-electron chi connectivity index (χ0n) is 8.57. The highest BCUT2D eigenvalue weighted by Crippen LogP contribution is 2.37. The summed E-state index contributed by atoms with van der Waals surface area (Å²) in [7, 11) is 1.50. The van der Waals surface area contributed by atoms with E-state index in [9.17, 15) is 5.11 Å². The van der Waals surface area contributed by atoms with Gasteiger partial charge in [-0.3, -0.25) is 4.84 Å². The van der Waals surface area contributed by atoms with Gasteiger partial charge in [0.1, 0.15) is 5.60 Å². The van der Waals surface area contributed by atoms with Gasteiger partial charge >= 0.3 is 0 Å². The molecule has 0 radical (unpaired) electrons. The van der Waals surface area contributed by atoms with Crippen molar-refractivity contribution in [3.05, 3.63) is 23.8 Å². The van der Waals surface area contributed by atoms with E-state index in [1.807, 2.05) is 0 Å². The largest absolute Gasteiger partial charge is 0.504 e. The Morgan fingerprint density at radius 2 is 2.00 bits per heavy atom. The van der Waals surface area contributed by atoms with E-state index >= 15 is 0 Å². The Morgan fingerprint density at radius 3 is 2.50 bits per heavy atom. The molecule has 1 rings (SSSR count). The average molecular weight is 197 g/mol. The number of nitrogens with two attached hydrogens (primary N) is 1. The molecule has 0 fully saturated rings. The number of para-hydroxylation sites is 1. The number of rotatable bonds is 3. The second kappa shape index (κ2) is 3.86. The normalized spacial score (nSPS) is 11.4. The number of hydrogen-bond acceptors (Lipinski definition) is 4. The molecule has 4 nitrogen and oxygen atoms in total. The molecule has 14 heavy (non-hydrogen) atoms. The fraction of sp³-hybridized carbons (Fsp3) is 0.400. The number of ether oxygens (including phenoxy) is 1. The van der Waals surface area contributed by atoms with E-state index in [0.717, 1.165) is 0 Å². The quantitative estimate of drug-likeness (QED) is 0.721. The summed E-state index contributed by atoms with van der Waals surface area (Å²) in [5.74, 6) is 5.62. The zero-order chi connectivity index (χ0) is 10.8. The molecule has 0 heterocycles. The third kappa shape index (κ3) is 1.81. The smallest absolute Gasteiger partial charge is 0.163 e. The Bertz CT molecular complexity index is 323. The third-order valence-electron chi connectivity index (χ3n) is 2.16. The lowest BCUT2D eigenvalue weighted by Gasteiger charge is -2.23. The highest BCUT2D eigenvalue weighted by atomic mass is 16.6. The van der Waals surface area contributed by atoms with Gasteiger partial charge < -0.3 is 9.84 Å². The first kappa shape index (κ1) is 10.8. The Kier molecular flexibility index (Phi) is 2.98. The van der Waals surface area contributed by atoms with Crippen molar-refractivity contribution in [2.75, 3.05) is 7.11 Å². The van der Waals surface area contributed by atoms with Crippen LogP contribution in [0.4, 0.5) is 0 Å². The van der Waals surface area contributed by atoms with Crippen molar-refractivity contribution in [2.45, 2.75) is 19.4 Å². The molecule has 0 bridgehead atoms. The summed E-state index contributed by atoms with van der Waals surface area (Å²) in [6.07, 6.45) is 0. The maximum Gasteiger partial charge on any atom is 0.163 e. The first-order valence-corrected chi connectivity index (χ1v) is 4.27. The van der Waals surface area contributed by atoms with Crippen molar-refractivity contribution >= 4 is 0 Å². The minimum atomic E-state index is -0.737. The number of phenolic OH excluding ortho intramolecular Hbond substituents is 1. The van der Waals surface area contributed by atoms with Gasteiger partial charge in [-0.05, 0) is 19.9 Å². The summed E-state index contributed by atoms with van der Waals surface area (Å²) in [6, 6.07) is 5.19. The maximum atomic E-state index is 9.79. The van der Waals surface area contributed by atoms with Crippen molar-refractivity contribution in [1.29, 1.82) is 0 Å². The Morgan fingerprint density at radius 1 is 1.36 bits per heavy atom. The molecule has 78 valence electrons. The Balaban J connectivity index is 3.22. The monoisotopic (exact) mass is 197 g/mol. The van der Waals surface area contributed by atoms with Crippen LogP contribution in [-0.4, -0.2) is 12.2 Å². The van der Waals surface area contributed by atoms with Gasteiger partial charge in [0.25, 0.3) is 0 Å². The summed E-state index contributed by atoms with van der Waals surface area (Å²) in [5, 5.41) is 9.79. The van der Waals surface area contributed by atoms with Crippen molar-refractivity contribution in [2.24, 2.45) is 5.90 Å². The van der Waals surface area contributed by atoms with Gasteiger partial charge in [-0.2, -0.15) is 0 Å². The molecule has 0 spiro atoms. The highest BCUT2D eigenvalue weighted by Gasteiger charge is 2.25. The van der Waals surface area contributed by atoms with Gasteiger partial charge in [-0.15, -0.1) is 0 Å². The molecule has 0 unspecified atom stereocenters. The highest BCUT2D eigenvalue weighted by molar-refractivity contribution is 5.47. The van der Waals surface area contributed by atoms with E-state index in [2.05, 4.69) is 0 Å². The molecule has 0 aliphatic heterocycles. The Hall–Kier alpha value is -1.26. The molecular weight excluding hydrogens is 182 g/mol. The molecule has 0 saturated heterocycles. The first-order chi connectivity index (χ1) is 6.53. The molecule has 4 heteroatoms. The molecular formula is C10H15NO3. The van der Waals surface area contributed by atoms with Gasteiger partial charge in [0.15, 0.2) is 11.5 Å². The fourth-order valence-electron chi connectivity index (χ4n) is 1.24. The van der Waals surface area contributed by atoms with E-state index in [4.69, 9.17) is 15.5 Å². The lowest BCUT2D eigenvalue weighted by Crippen LogP contribution is -2.25. The van der Waals surface area contributed by atoms with Gasteiger partial charge in [0.05, 0.1) is 7.11 Å². The van der Waals surface area contributed by atoms with Crippen LogP contribution in [0, 0.1) is 0 Å². The van der Waals surface area contributed by atoms with Crippen molar-refractivity contribution in [3.8, 4) is 11.5 Å². The van der Waals surface area contributed by atoms with Crippen molar-refractivity contribution in [1.82, 2.24) is 0 Å². The number of phenols is 1. The number of benzene rings is 1. The van der Waals surface area contributed by atoms with Crippen LogP contribution in [0.1, 0.15) is 19.4 Å². The van der Waals surface area contributed by atoms with E-state index in [-0.39, 0.29) is 5.75 Å². The summed E-state index contributed by atoms with van der Waals surface area (Å²) >= 11 is 0. The number of hydrogen-bond donors (Lipinski definition) is 2. The molecule has 0 aliphatic rings.